The molecule has 0 bridgehead atoms. The number of amides is 1. The number of carbonyl (C=O) groups is 1. The fourth-order valence-corrected chi connectivity index (χ4v) is 1.73. The fraction of sp³-hybridized carbons (Fsp3) is 0.300. The smallest absolute Gasteiger partial charge is 0.368 e. The molecule has 1 atom stereocenters. The van der Waals surface area contributed by atoms with Crippen LogP contribution in [0.15, 0.2) is 22.7 Å². The molecular weight excluding hydrogens is 336 g/mol. The largest absolute Gasteiger partial charge is 0.401 e. The van der Waals surface area contributed by atoms with Crippen LogP contribution in [0.25, 0.3) is 0 Å². The molecule has 0 aliphatic heterocycles. The van der Waals surface area contributed by atoms with Crippen LogP contribution >= 0.6 is 27.5 Å². The van der Waals surface area contributed by atoms with Crippen molar-refractivity contribution in [3.63, 3.8) is 0 Å². The van der Waals surface area contributed by atoms with E-state index in [1.54, 1.807) is 0 Å². The first-order valence-electron chi connectivity index (χ1n) is 4.75. The van der Waals surface area contributed by atoms with Gasteiger partial charge in [-0.1, -0.05) is 17.7 Å². The molecule has 0 aromatic heterocycles. The van der Waals surface area contributed by atoms with E-state index in [4.69, 9.17) is 17.3 Å². The quantitative estimate of drug-likeness (QED) is 0.882. The Bertz CT molecular complexity index is 453. The first kappa shape index (κ1) is 15.3. The third-order valence-corrected chi connectivity index (χ3v) is 3.30. The summed E-state index contributed by atoms with van der Waals surface area (Å²) in [6.07, 6.45) is -4.42. The number of primary amides is 1. The lowest BCUT2D eigenvalue weighted by atomic mass is 10.1. The average molecular weight is 346 g/mol. The molecule has 3 nitrogen and oxygen atoms in total. The van der Waals surface area contributed by atoms with Crippen LogP contribution in [0.4, 0.5) is 13.2 Å². The van der Waals surface area contributed by atoms with E-state index in [1.807, 2.05) is 5.32 Å². The van der Waals surface area contributed by atoms with E-state index in [2.05, 4.69) is 15.9 Å². The molecule has 1 unspecified atom stereocenters. The molecule has 0 aliphatic carbocycles. The number of nitrogens with two attached hydrogens (primary N) is 1. The molecule has 1 rings (SSSR count). The normalized spacial score (nSPS) is 13.4. The van der Waals surface area contributed by atoms with E-state index in [9.17, 15) is 18.0 Å². The Morgan fingerprint density at radius 2 is 2.11 bits per heavy atom. The third kappa shape index (κ3) is 4.47. The van der Waals surface area contributed by atoms with Crippen molar-refractivity contribution in [1.29, 1.82) is 0 Å². The molecule has 1 amide bonds. The van der Waals surface area contributed by atoms with Gasteiger partial charge in [0.1, 0.15) is 6.04 Å². The van der Waals surface area contributed by atoms with E-state index >= 15 is 0 Å². The molecule has 100 valence electrons. The van der Waals surface area contributed by atoms with Gasteiger partial charge in [0.2, 0.25) is 5.91 Å². The molecule has 18 heavy (non-hydrogen) atoms. The summed E-state index contributed by atoms with van der Waals surface area (Å²) in [4.78, 5) is 11.2. The Morgan fingerprint density at radius 1 is 1.50 bits per heavy atom. The molecule has 1 aromatic carbocycles. The highest BCUT2D eigenvalue weighted by molar-refractivity contribution is 9.10. The average Bonchev–Trinajstić information content (AvgIpc) is 2.21. The predicted molar refractivity (Wildman–Crippen MR) is 65.1 cm³/mol. The topological polar surface area (TPSA) is 55.1 Å². The van der Waals surface area contributed by atoms with E-state index in [-0.39, 0.29) is 10.6 Å². The SMILES string of the molecule is NC(=O)C(NCC(F)(F)F)c1ccc(Br)c(Cl)c1. The van der Waals surface area contributed by atoms with Gasteiger partial charge in [-0.2, -0.15) is 13.2 Å². The summed E-state index contributed by atoms with van der Waals surface area (Å²) in [6, 6.07) is 3.14. The van der Waals surface area contributed by atoms with Crippen molar-refractivity contribution in [1.82, 2.24) is 5.32 Å². The highest BCUT2D eigenvalue weighted by atomic mass is 79.9. The van der Waals surface area contributed by atoms with Crippen LogP contribution in [0.5, 0.6) is 0 Å². The van der Waals surface area contributed by atoms with E-state index in [0.717, 1.165) is 0 Å². The lowest BCUT2D eigenvalue weighted by Gasteiger charge is -2.17. The maximum Gasteiger partial charge on any atom is 0.401 e. The number of halogens is 5. The zero-order valence-corrected chi connectivity index (χ0v) is 11.2. The Balaban J connectivity index is 2.91. The maximum atomic E-state index is 12.1. The highest BCUT2D eigenvalue weighted by Gasteiger charge is 2.30. The van der Waals surface area contributed by atoms with E-state index < -0.39 is 24.7 Å². The molecule has 8 heteroatoms. The van der Waals surface area contributed by atoms with Gasteiger partial charge in [0.05, 0.1) is 11.6 Å². The van der Waals surface area contributed by atoms with Gasteiger partial charge in [0.25, 0.3) is 0 Å². The maximum absolute atomic E-state index is 12.1. The summed E-state index contributed by atoms with van der Waals surface area (Å²) in [7, 11) is 0. The Morgan fingerprint density at radius 3 is 2.56 bits per heavy atom. The second-order valence-electron chi connectivity index (χ2n) is 3.51. The van der Waals surface area contributed by atoms with Gasteiger partial charge in [-0.3, -0.25) is 10.1 Å². The summed E-state index contributed by atoms with van der Waals surface area (Å²) in [5.74, 6) is -0.905. The van der Waals surface area contributed by atoms with Crippen molar-refractivity contribution in [3.05, 3.63) is 33.3 Å². The molecule has 0 aliphatic rings. The molecule has 0 fully saturated rings. The Labute approximate surface area is 115 Å². The minimum atomic E-state index is -4.42. The second-order valence-corrected chi connectivity index (χ2v) is 4.77. The summed E-state index contributed by atoms with van der Waals surface area (Å²) >= 11 is 8.94. The third-order valence-electron chi connectivity index (χ3n) is 2.07. The molecule has 0 saturated heterocycles. The minimum Gasteiger partial charge on any atom is -0.368 e. The summed E-state index contributed by atoms with van der Waals surface area (Å²) in [5.41, 5.74) is 5.34. The first-order chi connectivity index (χ1) is 8.20. The van der Waals surface area contributed by atoms with E-state index in [0.29, 0.717) is 4.47 Å². The van der Waals surface area contributed by atoms with Crippen molar-refractivity contribution in [2.45, 2.75) is 12.2 Å². The lowest BCUT2D eigenvalue weighted by Crippen LogP contribution is -2.38. The van der Waals surface area contributed by atoms with Crippen molar-refractivity contribution in [2.24, 2.45) is 5.73 Å². The predicted octanol–water partition coefficient (Wildman–Crippen LogP) is 2.78. The Kier molecular flexibility index (Phi) is 5.01. The number of benzene rings is 1. The molecule has 3 N–H and O–H groups in total. The number of alkyl halides is 3. The van der Waals surface area contributed by atoms with Crippen LogP contribution in [0.1, 0.15) is 11.6 Å². The lowest BCUT2D eigenvalue weighted by molar-refractivity contribution is -0.130. The highest BCUT2D eigenvalue weighted by Crippen LogP contribution is 2.26. The van der Waals surface area contributed by atoms with Gasteiger partial charge in [0, 0.05) is 4.47 Å². The Hall–Kier alpha value is -0.790. The van der Waals surface area contributed by atoms with Crippen LogP contribution in [-0.4, -0.2) is 18.6 Å². The molecule has 0 saturated carbocycles. The van der Waals surface area contributed by atoms with Gasteiger partial charge < -0.3 is 5.73 Å². The van der Waals surface area contributed by atoms with Crippen molar-refractivity contribution < 1.29 is 18.0 Å². The fourth-order valence-electron chi connectivity index (χ4n) is 1.29. The summed E-state index contributed by atoms with van der Waals surface area (Å²) in [6.45, 7) is -1.31. The van der Waals surface area contributed by atoms with Gasteiger partial charge in [-0.05, 0) is 33.6 Å². The first-order valence-corrected chi connectivity index (χ1v) is 5.92. The van der Waals surface area contributed by atoms with Crippen LogP contribution in [-0.2, 0) is 4.79 Å². The number of nitrogens with one attached hydrogen (secondary N) is 1. The zero-order chi connectivity index (χ0) is 13.9. The molecular formula is C10H9BrClF3N2O. The van der Waals surface area contributed by atoms with Crippen molar-refractivity contribution in [3.8, 4) is 0 Å². The van der Waals surface area contributed by atoms with Gasteiger partial charge in [-0.25, -0.2) is 0 Å². The number of hydrogen-bond donors (Lipinski definition) is 2. The number of carbonyl (C=O) groups excluding carboxylic acids is 1. The van der Waals surface area contributed by atoms with Crippen molar-refractivity contribution in [2.75, 3.05) is 6.54 Å². The second kappa shape index (κ2) is 5.90. The van der Waals surface area contributed by atoms with Crippen LogP contribution < -0.4 is 11.1 Å². The molecule has 0 spiro atoms. The van der Waals surface area contributed by atoms with E-state index in [1.165, 1.54) is 18.2 Å². The van der Waals surface area contributed by atoms with Crippen LogP contribution in [0, 0.1) is 0 Å². The molecule has 0 radical (unpaired) electrons. The summed E-state index contributed by atoms with van der Waals surface area (Å²) in [5, 5.41) is 2.33. The molecule has 1 aromatic rings. The standard InChI is InChI=1S/C10H9BrClF3N2O/c11-6-2-1-5(3-7(6)12)8(9(16)18)17-4-10(13,14)15/h1-3,8,17H,4H2,(H2,16,18). The minimum absolute atomic E-state index is 0.278. The molecule has 0 heterocycles. The number of hydrogen-bond acceptors (Lipinski definition) is 2. The van der Waals surface area contributed by atoms with Gasteiger partial charge >= 0.3 is 6.18 Å². The van der Waals surface area contributed by atoms with Crippen LogP contribution in [0.3, 0.4) is 0 Å². The van der Waals surface area contributed by atoms with Crippen LogP contribution in [0.2, 0.25) is 5.02 Å². The van der Waals surface area contributed by atoms with Gasteiger partial charge in [0.15, 0.2) is 0 Å². The number of rotatable bonds is 4. The van der Waals surface area contributed by atoms with Crippen molar-refractivity contribution >= 4 is 33.4 Å². The van der Waals surface area contributed by atoms with Gasteiger partial charge in [-0.15, -0.1) is 0 Å². The summed E-state index contributed by atoms with van der Waals surface area (Å²) < 4.78 is 36.8. The monoisotopic (exact) mass is 344 g/mol. The zero-order valence-electron chi connectivity index (χ0n) is 8.89.